The first-order valence-corrected chi connectivity index (χ1v) is 7.73. The van der Waals surface area contributed by atoms with Crippen molar-refractivity contribution < 1.29 is 9.53 Å². The molecule has 0 aromatic heterocycles. The van der Waals surface area contributed by atoms with Gasteiger partial charge in [-0.1, -0.05) is 29.8 Å². The second kappa shape index (κ2) is 7.49. The van der Waals surface area contributed by atoms with Gasteiger partial charge >= 0.3 is 0 Å². The van der Waals surface area contributed by atoms with E-state index in [1.54, 1.807) is 25.1 Å². The van der Waals surface area contributed by atoms with Crippen LogP contribution < -0.4 is 15.4 Å². The van der Waals surface area contributed by atoms with E-state index in [0.717, 1.165) is 16.8 Å². The normalized spacial score (nSPS) is 11.9. The molecule has 2 aromatic rings. The second-order valence-corrected chi connectivity index (χ2v) is 5.86. The highest BCUT2D eigenvalue weighted by molar-refractivity contribution is 6.31. The molecule has 0 spiro atoms. The Hall–Kier alpha value is -2.04. The molecule has 2 N–H and O–H groups in total. The van der Waals surface area contributed by atoms with E-state index in [0.29, 0.717) is 17.2 Å². The van der Waals surface area contributed by atoms with Crippen LogP contribution in [0.15, 0.2) is 42.5 Å². The summed E-state index contributed by atoms with van der Waals surface area (Å²) in [7, 11) is 3.31. The van der Waals surface area contributed by atoms with Crippen LogP contribution in [0, 0.1) is 6.92 Å². The van der Waals surface area contributed by atoms with Gasteiger partial charge in [-0.05, 0) is 48.7 Å². The average Bonchev–Trinajstić information content (AvgIpc) is 2.57. The Balaban J connectivity index is 2.16. The van der Waals surface area contributed by atoms with Crippen molar-refractivity contribution in [3.05, 3.63) is 58.6 Å². The van der Waals surface area contributed by atoms with E-state index >= 15 is 0 Å². The molecule has 5 heteroatoms. The fourth-order valence-corrected chi connectivity index (χ4v) is 2.79. The Kier molecular flexibility index (Phi) is 5.64. The van der Waals surface area contributed by atoms with Crippen LogP contribution in [-0.4, -0.2) is 26.1 Å². The van der Waals surface area contributed by atoms with Gasteiger partial charge in [0.15, 0.2) is 0 Å². The number of nitrogens with zero attached hydrogens (tertiary/aromatic N) is 1. The monoisotopic (exact) mass is 332 g/mol. The minimum atomic E-state index is -0.662. The lowest BCUT2D eigenvalue weighted by molar-refractivity contribution is -0.119. The fraction of sp³-hybridized carbons (Fsp3) is 0.278. The third-order valence-corrected chi connectivity index (χ3v) is 4.18. The fourth-order valence-electron chi connectivity index (χ4n) is 2.45. The molecular formula is C18H21ClN2O2. The molecule has 122 valence electrons. The topological polar surface area (TPSA) is 55.6 Å². The van der Waals surface area contributed by atoms with Crippen LogP contribution >= 0.6 is 11.6 Å². The number of ether oxygens (including phenoxy) is 1. The van der Waals surface area contributed by atoms with Gasteiger partial charge in [0.05, 0.1) is 13.2 Å². The predicted octanol–water partition coefficient (Wildman–Crippen LogP) is 3.19. The van der Waals surface area contributed by atoms with Gasteiger partial charge in [0.25, 0.3) is 0 Å². The van der Waals surface area contributed by atoms with Crippen molar-refractivity contribution >= 4 is 23.2 Å². The Morgan fingerprint density at radius 2 is 1.96 bits per heavy atom. The summed E-state index contributed by atoms with van der Waals surface area (Å²) >= 11 is 6.30. The molecule has 2 rings (SSSR count). The summed E-state index contributed by atoms with van der Waals surface area (Å²) < 4.78 is 5.19. The standard InChI is InChI=1S/C18H21ClN2O2/c1-12-9-14(23-3)10-16(19)15(12)11-17(20)18(22)21(2)13-7-5-4-6-8-13/h4-10,17H,11,20H2,1-3H3. The molecule has 0 aliphatic heterocycles. The lowest BCUT2D eigenvalue weighted by Crippen LogP contribution is -2.43. The summed E-state index contributed by atoms with van der Waals surface area (Å²) in [5.74, 6) is 0.542. The number of para-hydroxylation sites is 1. The summed E-state index contributed by atoms with van der Waals surface area (Å²) in [5.41, 5.74) is 8.75. The number of hydrogen-bond acceptors (Lipinski definition) is 3. The molecule has 1 atom stereocenters. The van der Waals surface area contributed by atoms with Crippen molar-refractivity contribution in [1.29, 1.82) is 0 Å². The zero-order valence-electron chi connectivity index (χ0n) is 13.5. The number of aryl methyl sites for hydroxylation is 1. The molecular weight excluding hydrogens is 312 g/mol. The molecule has 0 saturated carbocycles. The third kappa shape index (κ3) is 4.03. The molecule has 0 heterocycles. The smallest absolute Gasteiger partial charge is 0.243 e. The highest BCUT2D eigenvalue weighted by atomic mass is 35.5. The van der Waals surface area contributed by atoms with Crippen LogP contribution in [0.3, 0.4) is 0 Å². The maximum atomic E-state index is 12.5. The van der Waals surface area contributed by atoms with E-state index in [1.165, 1.54) is 0 Å². The van der Waals surface area contributed by atoms with Crippen molar-refractivity contribution in [2.24, 2.45) is 5.73 Å². The van der Waals surface area contributed by atoms with Crippen LogP contribution in [-0.2, 0) is 11.2 Å². The van der Waals surface area contributed by atoms with Crippen molar-refractivity contribution in [1.82, 2.24) is 0 Å². The van der Waals surface area contributed by atoms with Gasteiger partial charge in [-0.15, -0.1) is 0 Å². The number of likely N-dealkylation sites (N-methyl/N-ethyl adjacent to an activating group) is 1. The number of methoxy groups -OCH3 is 1. The van der Waals surface area contributed by atoms with Crippen LogP contribution in [0.1, 0.15) is 11.1 Å². The number of halogens is 1. The van der Waals surface area contributed by atoms with E-state index in [-0.39, 0.29) is 5.91 Å². The van der Waals surface area contributed by atoms with Gasteiger partial charge in [0.2, 0.25) is 5.91 Å². The molecule has 2 aromatic carbocycles. The summed E-state index contributed by atoms with van der Waals surface area (Å²) in [6, 6.07) is 12.4. The number of hydrogen-bond donors (Lipinski definition) is 1. The van der Waals surface area contributed by atoms with E-state index in [4.69, 9.17) is 22.1 Å². The van der Waals surface area contributed by atoms with Gasteiger partial charge in [0, 0.05) is 17.8 Å². The molecule has 4 nitrogen and oxygen atoms in total. The van der Waals surface area contributed by atoms with Crippen molar-refractivity contribution in [3.8, 4) is 5.75 Å². The maximum absolute atomic E-state index is 12.5. The zero-order valence-corrected chi connectivity index (χ0v) is 14.3. The number of amides is 1. The quantitative estimate of drug-likeness (QED) is 0.914. The number of carbonyl (C=O) groups is 1. The SMILES string of the molecule is COc1cc(C)c(CC(N)C(=O)N(C)c2ccccc2)c(Cl)c1. The number of anilines is 1. The highest BCUT2D eigenvalue weighted by Gasteiger charge is 2.21. The van der Waals surface area contributed by atoms with Crippen LogP contribution in [0.2, 0.25) is 5.02 Å². The Labute approximate surface area is 141 Å². The van der Waals surface area contributed by atoms with Crippen LogP contribution in [0.4, 0.5) is 5.69 Å². The van der Waals surface area contributed by atoms with Gasteiger partial charge in [0.1, 0.15) is 5.75 Å². The molecule has 0 aliphatic carbocycles. The van der Waals surface area contributed by atoms with E-state index in [2.05, 4.69) is 0 Å². The maximum Gasteiger partial charge on any atom is 0.243 e. The van der Waals surface area contributed by atoms with Gasteiger partial charge < -0.3 is 15.4 Å². The van der Waals surface area contributed by atoms with E-state index < -0.39 is 6.04 Å². The first-order chi connectivity index (χ1) is 10.9. The van der Waals surface area contributed by atoms with Crippen molar-refractivity contribution in [2.45, 2.75) is 19.4 Å². The molecule has 1 unspecified atom stereocenters. The molecule has 0 saturated heterocycles. The van der Waals surface area contributed by atoms with Crippen LogP contribution in [0.5, 0.6) is 5.75 Å². The summed E-state index contributed by atoms with van der Waals surface area (Å²) in [6.07, 6.45) is 0.380. The van der Waals surface area contributed by atoms with Crippen LogP contribution in [0.25, 0.3) is 0 Å². The molecule has 1 amide bonds. The van der Waals surface area contributed by atoms with E-state index in [1.807, 2.05) is 43.3 Å². The highest BCUT2D eigenvalue weighted by Crippen LogP contribution is 2.27. The molecule has 0 bridgehead atoms. The van der Waals surface area contributed by atoms with E-state index in [9.17, 15) is 4.79 Å². The first-order valence-electron chi connectivity index (χ1n) is 7.35. The van der Waals surface area contributed by atoms with Gasteiger partial charge in [-0.3, -0.25) is 4.79 Å². The summed E-state index contributed by atoms with van der Waals surface area (Å²) in [4.78, 5) is 14.1. The average molecular weight is 333 g/mol. The molecule has 0 radical (unpaired) electrons. The Morgan fingerprint density at radius 3 is 2.52 bits per heavy atom. The van der Waals surface area contributed by atoms with Crippen molar-refractivity contribution in [3.63, 3.8) is 0 Å². The van der Waals surface area contributed by atoms with Gasteiger partial charge in [-0.2, -0.15) is 0 Å². The molecule has 23 heavy (non-hydrogen) atoms. The Bertz CT molecular complexity index is 666. The Morgan fingerprint density at radius 1 is 1.30 bits per heavy atom. The zero-order chi connectivity index (χ0) is 17.0. The lowest BCUT2D eigenvalue weighted by Gasteiger charge is -2.22. The number of benzene rings is 2. The number of nitrogens with two attached hydrogens (primary N) is 1. The molecule has 0 fully saturated rings. The first kappa shape index (κ1) is 17.3. The predicted molar refractivity (Wildman–Crippen MR) is 94.3 cm³/mol. The minimum absolute atomic E-state index is 0.150. The third-order valence-electron chi connectivity index (χ3n) is 3.84. The number of carbonyl (C=O) groups excluding carboxylic acids is 1. The lowest BCUT2D eigenvalue weighted by atomic mass is 10.00. The molecule has 0 aliphatic rings. The largest absolute Gasteiger partial charge is 0.497 e. The van der Waals surface area contributed by atoms with Gasteiger partial charge in [-0.25, -0.2) is 0 Å². The summed E-state index contributed by atoms with van der Waals surface area (Å²) in [5, 5.41) is 0.562. The second-order valence-electron chi connectivity index (χ2n) is 5.45. The minimum Gasteiger partial charge on any atom is -0.497 e. The number of rotatable bonds is 5. The van der Waals surface area contributed by atoms with Crippen molar-refractivity contribution in [2.75, 3.05) is 19.1 Å². The summed E-state index contributed by atoms with van der Waals surface area (Å²) in [6.45, 7) is 1.93.